The van der Waals surface area contributed by atoms with Gasteiger partial charge in [-0.15, -0.1) is 0 Å². The van der Waals surface area contributed by atoms with Gasteiger partial charge in [0.25, 0.3) is 0 Å². The van der Waals surface area contributed by atoms with Crippen molar-refractivity contribution in [1.29, 1.82) is 0 Å². The summed E-state index contributed by atoms with van der Waals surface area (Å²) in [5, 5.41) is 2.90. The van der Waals surface area contributed by atoms with Gasteiger partial charge in [-0.2, -0.15) is 0 Å². The van der Waals surface area contributed by atoms with Crippen molar-refractivity contribution < 1.29 is 14.4 Å². The summed E-state index contributed by atoms with van der Waals surface area (Å²) in [7, 11) is 0. The van der Waals surface area contributed by atoms with Crippen molar-refractivity contribution in [3.8, 4) is 0 Å². The van der Waals surface area contributed by atoms with Crippen molar-refractivity contribution in [3.05, 3.63) is 11.4 Å². The van der Waals surface area contributed by atoms with Crippen molar-refractivity contribution >= 4 is 35.3 Å². The number of carbonyl (C=O) groups excluding carboxylic acids is 3. The number of Topliss-reactive ketones (excluding diaryl/α,β-unsaturated/α-hetero) is 2. The first-order valence-electron chi connectivity index (χ1n) is 7.40. The number of halogens is 1. The largest absolute Gasteiger partial charge is 0.337 e. The number of alkyl halides is 1. The third-order valence-corrected chi connectivity index (χ3v) is 4.05. The van der Waals surface area contributed by atoms with Crippen molar-refractivity contribution in [2.45, 2.75) is 57.6 Å². The van der Waals surface area contributed by atoms with E-state index in [0.29, 0.717) is 11.4 Å². The van der Waals surface area contributed by atoms with Crippen LogP contribution in [0.1, 0.15) is 46.0 Å². The molecule has 120 valence electrons. The fraction of sp³-hybridized carbons (Fsp3) is 0.600. The maximum Gasteiger partial charge on any atom is 0.235 e. The van der Waals surface area contributed by atoms with Crippen LogP contribution in [0, 0.1) is 0 Å². The number of hydrogen-bond acceptors (Lipinski definition) is 5. The Morgan fingerprint density at radius 2 is 1.95 bits per heavy atom. The molecule has 0 bridgehead atoms. The first-order valence-corrected chi connectivity index (χ1v) is 7.84. The molecule has 0 aromatic rings. The van der Waals surface area contributed by atoms with E-state index in [9.17, 15) is 14.4 Å². The molecule has 2 aliphatic rings. The first kappa shape index (κ1) is 16.7. The maximum atomic E-state index is 12.5. The highest BCUT2D eigenvalue weighted by molar-refractivity contribution is 6.22. The molecule has 0 spiro atoms. The molecule has 0 aromatic heterocycles. The summed E-state index contributed by atoms with van der Waals surface area (Å²) in [5.41, 5.74) is -0.409. The second kappa shape index (κ2) is 7.05. The van der Waals surface area contributed by atoms with Crippen LogP contribution in [0.25, 0.3) is 0 Å². The van der Waals surface area contributed by atoms with E-state index in [1.165, 1.54) is 20.1 Å². The third-order valence-electron chi connectivity index (χ3n) is 3.82. The molecule has 7 heteroatoms. The summed E-state index contributed by atoms with van der Waals surface area (Å²) < 4.78 is 0. The topological polar surface area (TPSA) is 78.8 Å². The van der Waals surface area contributed by atoms with Gasteiger partial charge in [0.05, 0.1) is 12.0 Å². The van der Waals surface area contributed by atoms with Gasteiger partial charge in [-0.25, -0.2) is 0 Å². The zero-order valence-corrected chi connectivity index (χ0v) is 13.5. The van der Waals surface area contributed by atoms with Gasteiger partial charge in [-0.05, 0) is 26.7 Å². The molecule has 1 saturated carbocycles. The highest BCUT2D eigenvalue weighted by atomic mass is 35.5. The van der Waals surface area contributed by atoms with Gasteiger partial charge in [0, 0.05) is 12.3 Å². The lowest BCUT2D eigenvalue weighted by Gasteiger charge is -2.34. The average Bonchev–Trinajstić information content (AvgIpc) is 2.91. The second-order valence-corrected chi connectivity index (χ2v) is 6.07. The van der Waals surface area contributed by atoms with Gasteiger partial charge in [0.2, 0.25) is 5.91 Å². The Bertz CT molecular complexity index is 550. The van der Waals surface area contributed by atoms with Crippen LogP contribution in [0.5, 0.6) is 0 Å². The number of hydrogen-bond donors (Lipinski definition) is 1. The Labute approximate surface area is 134 Å². The zero-order valence-electron chi connectivity index (χ0n) is 12.8. The molecule has 22 heavy (non-hydrogen) atoms. The number of rotatable bonds is 5. The first-order chi connectivity index (χ1) is 10.4. The van der Waals surface area contributed by atoms with E-state index in [1.54, 1.807) is 4.90 Å². The molecule has 0 saturated heterocycles. The molecule has 1 atom stereocenters. The minimum atomic E-state index is -0.730. The quantitative estimate of drug-likeness (QED) is 0.474. The standard InChI is InChI=1S/C15H20ClN3O3/c1-9(20)7-13(22)19(11-5-3-4-6-11)14-12(10(2)21)8-17-15(16)18-14/h8,11,15,18H,3-7H2,1-2H3. The number of carbonyl (C=O) groups is 3. The van der Waals surface area contributed by atoms with E-state index in [-0.39, 0.29) is 29.9 Å². The predicted octanol–water partition coefficient (Wildman–Crippen LogP) is 1.73. The lowest BCUT2D eigenvalue weighted by molar-refractivity contribution is -0.135. The SMILES string of the molecule is CC(=O)CC(=O)N(C1=C(C(C)=O)C=NC(Cl)N1)C1CCCC1. The molecule has 1 amide bonds. The van der Waals surface area contributed by atoms with Gasteiger partial charge in [-0.1, -0.05) is 24.4 Å². The Morgan fingerprint density at radius 1 is 1.32 bits per heavy atom. The summed E-state index contributed by atoms with van der Waals surface area (Å²) in [6.07, 6.45) is 4.96. The summed E-state index contributed by atoms with van der Waals surface area (Å²) >= 11 is 5.98. The van der Waals surface area contributed by atoms with Gasteiger partial charge in [0.1, 0.15) is 11.6 Å². The fourth-order valence-corrected chi connectivity index (χ4v) is 3.02. The number of nitrogens with one attached hydrogen (secondary N) is 1. The van der Waals surface area contributed by atoms with Crippen LogP contribution in [0.3, 0.4) is 0 Å². The minimum absolute atomic E-state index is 0.0148. The highest BCUT2D eigenvalue weighted by Gasteiger charge is 2.34. The number of nitrogens with zero attached hydrogens (tertiary/aromatic N) is 2. The van der Waals surface area contributed by atoms with Crippen LogP contribution >= 0.6 is 11.6 Å². The molecule has 1 unspecified atom stereocenters. The van der Waals surface area contributed by atoms with E-state index < -0.39 is 5.62 Å². The Balaban J connectivity index is 2.41. The van der Waals surface area contributed by atoms with Crippen LogP contribution in [-0.2, 0) is 14.4 Å². The monoisotopic (exact) mass is 325 g/mol. The number of ketones is 2. The molecule has 1 aliphatic heterocycles. The van der Waals surface area contributed by atoms with Gasteiger partial charge in [-0.3, -0.25) is 24.3 Å². The third kappa shape index (κ3) is 3.74. The lowest BCUT2D eigenvalue weighted by Crippen LogP contribution is -2.47. The minimum Gasteiger partial charge on any atom is -0.337 e. The Kier molecular flexibility index (Phi) is 5.34. The molecular formula is C15H20ClN3O3. The summed E-state index contributed by atoms with van der Waals surface area (Å²) in [4.78, 5) is 41.2. The lowest BCUT2D eigenvalue weighted by atomic mass is 10.1. The molecule has 1 aliphatic carbocycles. The summed E-state index contributed by atoms with van der Waals surface area (Å²) in [6.45, 7) is 2.80. The van der Waals surface area contributed by atoms with Crippen LogP contribution in [0.2, 0.25) is 0 Å². The van der Waals surface area contributed by atoms with Crippen molar-refractivity contribution in [2.75, 3.05) is 0 Å². The van der Waals surface area contributed by atoms with Crippen molar-refractivity contribution in [2.24, 2.45) is 4.99 Å². The number of allylic oxidation sites excluding steroid dienone is 1. The Morgan fingerprint density at radius 3 is 2.50 bits per heavy atom. The molecule has 1 N–H and O–H groups in total. The van der Waals surface area contributed by atoms with E-state index in [1.807, 2.05) is 0 Å². The van der Waals surface area contributed by atoms with Gasteiger partial charge >= 0.3 is 0 Å². The molecule has 2 rings (SSSR count). The Hall–Kier alpha value is -1.69. The van der Waals surface area contributed by atoms with Gasteiger partial charge in [0.15, 0.2) is 11.4 Å². The smallest absolute Gasteiger partial charge is 0.235 e. The normalized spacial score (nSPS) is 21.7. The fourth-order valence-electron chi connectivity index (χ4n) is 2.86. The van der Waals surface area contributed by atoms with E-state index in [2.05, 4.69) is 10.3 Å². The van der Waals surface area contributed by atoms with E-state index >= 15 is 0 Å². The molecule has 1 fully saturated rings. The maximum absolute atomic E-state index is 12.5. The van der Waals surface area contributed by atoms with Crippen molar-refractivity contribution in [3.63, 3.8) is 0 Å². The highest BCUT2D eigenvalue weighted by Crippen LogP contribution is 2.28. The van der Waals surface area contributed by atoms with E-state index in [0.717, 1.165) is 25.7 Å². The molecule has 1 heterocycles. The number of amides is 1. The zero-order chi connectivity index (χ0) is 16.3. The van der Waals surface area contributed by atoms with Crippen LogP contribution in [0.15, 0.2) is 16.4 Å². The van der Waals surface area contributed by atoms with Crippen molar-refractivity contribution in [1.82, 2.24) is 10.2 Å². The molecule has 0 aromatic carbocycles. The molecule has 0 radical (unpaired) electrons. The molecular weight excluding hydrogens is 306 g/mol. The molecule has 6 nitrogen and oxygen atoms in total. The summed E-state index contributed by atoms with van der Waals surface area (Å²) in [6, 6.07) is -0.0148. The van der Waals surface area contributed by atoms with Crippen LogP contribution in [-0.4, -0.2) is 40.3 Å². The van der Waals surface area contributed by atoms with Gasteiger partial charge < -0.3 is 5.32 Å². The summed E-state index contributed by atoms with van der Waals surface area (Å²) in [5.74, 6) is -0.334. The van der Waals surface area contributed by atoms with Crippen LogP contribution in [0.4, 0.5) is 0 Å². The number of aliphatic imine (C=N–C) groups is 1. The van der Waals surface area contributed by atoms with E-state index in [4.69, 9.17) is 11.6 Å². The second-order valence-electron chi connectivity index (χ2n) is 5.66. The van der Waals surface area contributed by atoms with Crippen LogP contribution < -0.4 is 5.32 Å². The average molecular weight is 326 g/mol. The predicted molar refractivity (Wildman–Crippen MR) is 83.4 cm³/mol.